The summed E-state index contributed by atoms with van der Waals surface area (Å²) in [5, 5.41) is 4.16. The Bertz CT molecular complexity index is 563. The molecule has 6 heteroatoms. The standard InChI is InChI=1S/C14H23N3O2S/c1-3-4-5-6-7-17-8-9-20(18,19)12-14(17)13-10-15-16(2)11-13/h4-5,10-11,14H,3,6-9,12H2,1-2H3/b5-4+/t14-/m1/s1. The van der Waals surface area contributed by atoms with Crippen molar-refractivity contribution in [3.63, 3.8) is 0 Å². The summed E-state index contributed by atoms with van der Waals surface area (Å²) in [6.07, 6.45) is 10.0. The molecule has 2 heterocycles. The Morgan fingerprint density at radius 1 is 1.45 bits per heavy atom. The first kappa shape index (κ1) is 15.3. The second-order valence-electron chi connectivity index (χ2n) is 5.28. The monoisotopic (exact) mass is 297 g/mol. The van der Waals surface area contributed by atoms with E-state index in [1.54, 1.807) is 10.9 Å². The highest BCUT2D eigenvalue weighted by molar-refractivity contribution is 7.91. The molecular formula is C14H23N3O2S. The minimum absolute atomic E-state index is 0.0579. The Balaban J connectivity index is 2.10. The molecule has 1 aromatic rings. The van der Waals surface area contributed by atoms with Crippen molar-refractivity contribution in [1.82, 2.24) is 14.7 Å². The van der Waals surface area contributed by atoms with Gasteiger partial charge in [0.15, 0.2) is 9.84 Å². The smallest absolute Gasteiger partial charge is 0.153 e. The predicted octanol–water partition coefficient (Wildman–Crippen LogP) is 1.55. The van der Waals surface area contributed by atoms with Gasteiger partial charge in [0, 0.05) is 31.9 Å². The summed E-state index contributed by atoms with van der Waals surface area (Å²) in [6.45, 7) is 3.62. The van der Waals surface area contributed by atoms with Crippen LogP contribution in [0.15, 0.2) is 24.5 Å². The van der Waals surface area contributed by atoms with E-state index >= 15 is 0 Å². The number of hydrogen-bond donors (Lipinski definition) is 0. The Hall–Kier alpha value is -1.14. The molecule has 0 N–H and O–H groups in total. The molecule has 0 saturated carbocycles. The third kappa shape index (κ3) is 3.93. The van der Waals surface area contributed by atoms with Crippen LogP contribution in [0.1, 0.15) is 31.4 Å². The van der Waals surface area contributed by atoms with E-state index in [0.717, 1.165) is 24.9 Å². The molecule has 112 valence electrons. The molecule has 5 nitrogen and oxygen atoms in total. The Labute approximate surface area is 121 Å². The van der Waals surface area contributed by atoms with Crippen LogP contribution in [0.25, 0.3) is 0 Å². The van der Waals surface area contributed by atoms with Crippen molar-refractivity contribution in [3.8, 4) is 0 Å². The molecule has 1 aliphatic rings. The highest BCUT2D eigenvalue weighted by atomic mass is 32.2. The van der Waals surface area contributed by atoms with Crippen LogP contribution in [0.2, 0.25) is 0 Å². The van der Waals surface area contributed by atoms with Crippen LogP contribution in [0.4, 0.5) is 0 Å². The second-order valence-corrected chi connectivity index (χ2v) is 7.51. The molecular weight excluding hydrogens is 274 g/mol. The zero-order valence-electron chi connectivity index (χ0n) is 12.2. The third-order valence-corrected chi connectivity index (χ3v) is 5.27. The number of nitrogens with zero attached hydrogens (tertiary/aromatic N) is 3. The van der Waals surface area contributed by atoms with Crippen LogP contribution in [0, 0.1) is 0 Å². The number of allylic oxidation sites excluding steroid dienone is 1. The third-order valence-electron chi connectivity index (χ3n) is 3.64. The Morgan fingerprint density at radius 2 is 2.25 bits per heavy atom. The van der Waals surface area contributed by atoms with E-state index in [-0.39, 0.29) is 17.5 Å². The van der Waals surface area contributed by atoms with E-state index in [4.69, 9.17) is 0 Å². The molecule has 1 aliphatic heterocycles. The number of hydrogen-bond acceptors (Lipinski definition) is 4. The summed E-state index contributed by atoms with van der Waals surface area (Å²) in [5.41, 5.74) is 0.996. The minimum Gasteiger partial charge on any atom is -0.294 e. The van der Waals surface area contributed by atoms with Crippen molar-refractivity contribution in [3.05, 3.63) is 30.1 Å². The average molecular weight is 297 g/mol. The number of sulfone groups is 1. The lowest BCUT2D eigenvalue weighted by Crippen LogP contribution is -2.43. The van der Waals surface area contributed by atoms with Gasteiger partial charge in [-0.05, 0) is 12.8 Å². The molecule has 1 saturated heterocycles. The maximum Gasteiger partial charge on any atom is 0.153 e. The fourth-order valence-electron chi connectivity index (χ4n) is 2.55. The Morgan fingerprint density at radius 3 is 2.90 bits per heavy atom. The quantitative estimate of drug-likeness (QED) is 0.774. The second kappa shape index (κ2) is 6.54. The highest BCUT2D eigenvalue weighted by Gasteiger charge is 2.32. The van der Waals surface area contributed by atoms with E-state index in [0.29, 0.717) is 6.54 Å². The summed E-state index contributed by atoms with van der Waals surface area (Å²) >= 11 is 0. The van der Waals surface area contributed by atoms with E-state index in [2.05, 4.69) is 29.1 Å². The van der Waals surface area contributed by atoms with Crippen molar-refractivity contribution >= 4 is 9.84 Å². The van der Waals surface area contributed by atoms with Gasteiger partial charge >= 0.3 is 0 Å². The lowest BCUT2D eigenvalue weighted by atomic mass is 10.1. The summed E-state index contributed by atoms with van der Waals surface area (Å²) in [7, 11) is -1.08. The molecule has 20 heavy (non-hydrogen) atoms. The predicted molar refractivity (Wildman–Crippen MR) is 80.2 cm³/mol. The van der Waals surface area contributed by atoms with Gasteiger partial charge in [-0.25, -0.2) is 8.42 Å². The van der Waals surface area contributed by atoms with Crippen molar-refractivity contribution in [2.45, 2.75) is 25.8 Å². The number of aromatic nitrogens is 2. The molecule has 1 aromatic heterocycles. The van der Waals surface area contributed by atoms with Gasteiger partial charge in [-0.3, -0.25) is 9.58 Å². The Kier molecular flexibility index (Phi) is 4.99. The van der Waals surface area contributed by atoms with Gasteiger partial charge in [0.25, 0.3) is 0 Å². The fraction of sp³-hybridized carbons (Fsp3) is 0.643. The van der Waals surface area contributed by atoms with Crippen LogP contribution in [0.3, 0.4) is 0 Å². The summed E-state index contributed by atoms with van der Waals surface area (Å²) in [5.74, 6) is 0.470. The van der Waals surface area contributed by atoms with Crippen molar-refractivity contribution < 1.29 is 8.42 Å². The van der Waals surface area contributed by atoms with Crippen molar-refractivity contribution in [2.24, 2.45) is 7.05 Å². The molecule has 0 aliphatic carbocycles. The number of rotatable bonds is 5. The van der Waals surface area contributed by atoms with Gasteiger partial charge in [0.05, 0.1) is 23.7 Å². The molecule has 0 aromatic carbocycles. The van der Waals surface area contributed by atoms with Crippen LogP contribution in [-0.2, 0) is 16.9 Å². The van der Waals surface area contributed by atoms with Crippen LogP contribution in [0.5, 0.6) is 0 Å². The first-order valence-electron chi connectivity index (χ1n) is 7.10. The molecule has 2 rings (SSSR count). The first-order chi connectivity index (χ1) is 9.52. The minimum atomic E-state index is -2.94. The molecule has 1 atom stereocenters. The topological polar surface area (TPSA) is 55.2 Å². The maximum absolute atomic E-state index is 11.9. The summed E-state index contributed by atoms with van der Waals surface area (Å²) in [6, 6.07) is -0.0579. The normalized spacial score (nSPS) is 23.4. The molecule has 1 fully saturated rings. The molecule has 0 amide bonds. The summed E-state index contributed by atoms with van der Waals surface area (Å²) < 4.78 is 25.5. The van der Waals surface area contributed by atoms with Gasteiger partial charge in [0.1, 0.15) is 0 Å². The van der Waals surface area contributed by atoms with E-state index in [9.17, 15) is 8.42 Å². The fourth-order valence-corrected chi connectivity index (χ4v) is 4.12. The molecule has 0 unspecified atom stereocenters. The van der Waals surface area contributed by atoms with Gasteiger partial charge in [0.2, 0.25) is 0 Å². The number of aryl methyl sites for hydroxylation is 1. The van der Waals surface area contributed by atoms with Crippen LogP contribution in [-0.4, -0.2) is 47.7 Å². The lowest BCUT2D eigenvalue weighted by molar-refractivity contribution is 0.219. The highest BCUT2D eigenvalue weighted by Crippen LogP contribution is 2.26. The largest absolute Gasteiger partial charge is 0.294 e. The maximum atomic E-state index is 11.9. The van der Waals surface area contributed by atoms with Gasteiger partial charge in [-0.1, -0.05) is 19.1 Å². The van der Waals surface area contributed by atoms with E-state index < -0.39 is 9.84 Å². The SMILES string of the molecule is CC/C=C/CCN1CCS(=O)(=O)C[C@@H]1c1cnn(C)c1. The van der Waals surface area contributed by atoms with E-state index in [1.807, 2.05) is 13.2 Å². The molecule has 0 bridgehead atoms. The molecule has 0 spiro atoms. The van der Waals surface area contributed by atoms with Crippen molar-refractivity contribution in [1.29, 1.82) is 0 Å². The van der Waals surface area contributed by atoms with Gasteiger partial charge in [-0.2, -0.15) is 5.10 Å². The van der Waals surface area contributed by atoms with Crippen LogP contribution < -0.4 is 0 Å². The molecule has 0 radical (unpaired) electrons. The zero-order chi connectivity index (χ0) is 14.6. The lowest BCUT2D eigenvalue weighted by Gasteiger charge is -2.34. The first-order valence-corrected chi connectivity index (χ1v) is 8.92. The van der Waals surface area contributed by atoms with Gasteiger partial charge < -0.3 is 0 Å². The van der Waals surface area contributed by atoms with E-state index in [1.165, 1.54) is 0 Å². The van der Waals surface area contributed by atoms with Gasteiger partial charge in [-0.15, -0.1) is 0 Å². The van der Waals surface area contributed by atoms with Crippen LogP contribution >= 0.6 is 0 Å². The van der Waals surface area contributed by atoms with Crippen molar-refractivity contribution in [2.75, 3.05) is 24.6 Å². The average Bonchev–Trinajstić information content (AvgIpc) is 2.82. The summed E-state index contributed by atoms with van der Waals surface area (Å²) in [4.78, 5) is 2.26. The zero-order valence-corrected chi connectivity index (χ0v) is 13.0.